The highest BCUT2D eigenvalue weighted by atomic mass is 31.2. The minimum atomic E-state index is -4.24. The van der Waals surface area contributed by atoms with Crippen molar-refractivity contribution in [1.82, 2.24) is 0 Å². The molecule has 0 aliphatic carbocycles. The highest BCUT2D eigenvalue weighted by Crippen LogP contribution is 2.43. The number of hydrogen-bond acceptors (Lipinski definition) is 7. The van der Waals surface area contributed by atoms with Gasteiger partial charge in [0.05, 0.1) is 19.8 Å². The van der Waals surface area contributed by atoms with E-state index in [4.69, 9.17) is 24.3 Å². The fourth-order valence-electron chi connectivity index (χ4n) is 4.41. The summed E-state index contributed by atoms with van der Waals surface area (Å²) in [6.07, 6.45) is 41.1. The lowest BCUT2D eigenvalue weighted by Gasteiger charge is -2.19. The van der Waals surface area contributed by atoms with Gasteiger partial charge < -0.3 is 20.1 Å². The summed E-state index contributed by atoms with van der Waals surface area (Å²) < 4.78 is 32.5. The van der Waals surface area contributed by atoms with Gasteiger partial charge in [-0.25, -0.2) is 4.57 Å². The number of nitrogens with two attached hydrogens (primary N) is 1. The zero-order chi connectivity index (χ0) is 33.8. The Balaban J connectivity index is 3.68. The van der Waals surface area contributed by atoms with Gasteiger partial charge in [-0.1, -0.05) is 126 Å². The molecule has 3 N–H and O–H groups in total. The molecule has 0 heterocycles. The molecule has 9 heteroatoms. The smallest absolute Gasteiger partial charge is 0.457 e. The van der Waals surface area contributed by atoms with Gasteiger partial charge in [0.1, 0.15) is 6.10 Å². The summed E-state index contributed by atoms with van der Waals surface area (Å²) in [5, 5.41) is 0. The monoisotopic (exact) mass is 667 g/mol. The number of hydrogen-bond donors (Lipinski definition) is 2. The first-order valence-corrected chi connectivity index (χ1v) is 19.3. The Morgan fingerprint density at radius 3 is 1.70 bits per heavy atom. The zero-order valence-electron chi connectivity index (χ0n) is 29.0. The van der Waals surface area contributed by atoms with E-state index in [0.717, 1.165) is 44.9 Å². The van der Waals surface area contributed by atoms with Gasteiger partial charge in [-0.15, -0.1) is 0 Å². The lowest BCUT2D eigenvalue weighted by Crippen LogP contribution is -2.28. The summed E-state index contributed by atoms with van der Waals surface area (Å²) in [6, 6.07) is 0. The van der Waals surface area contributed by atoms with E-state index in [9.17, 15) is 14.3 Å². The van der Waals surface area contributed by atoms with Gasteiger partial charge in [0.15, 0.2) is 0 Å². The van der Waals surface area contributed by atoms with Crippen molar-refractivity contribution in [2.24, 2.45) is 5.73 Å². The molecule has 0 aromatic carbocycles. The fourth-order valence-corrected chi connectivity index (χ4v) is 5.18. The molecule has 0 aromatic heterocycles. The Morgan fingerprint density at radius 2 is 1.17 bits per heavy atom. The zero-order valence-corrected chi connectivity index (χ0v) is 29.9. The molecule has 0 radical (unpaired) electrons. The molecule has 0 bridgehead atoms. The second-order valence-corrected chi connectivity index (χ2v) is 12.8. The summed E-state index contributed by atoms with van der Waals surface area (Å²) in [6.45, 7) is 4.40. The van der Waals surface area contributed by atoms with E-state index in [1.807, 2.05) is 6.92 Å². The summed E-state index contributed by atoms with van der Waals surface area (Å²) in [5.41, 5.74) is 5.29. The Labute approximate surface area is 281 Å². The molecule has 266 valence electrons. The van der Waals surface area contributed by atoms with Gasteiger partial charge in [-0.2, -0.15) is 0 Å². The maximum Gasteiger partial charge on any atom is 0.472 e. The lowest BCUT2D eigenvalue weighted by molar-refractivity contribution is -0.154. The van der Waals surface area contributed by atoms with Crippen LogP contribution in [0.1, 0.15) is 129 Å². The lowest BCUT2D eigenvalue weighted by atomic mass is 10.1. The minimum Gasteiger partial charge on any atom is -0.457 e. The van der Waals surface area contributed by atoms with Gasteiger partial charge in [0.25, 0.3) is 0 Å². The van der Waals surface area contributed by atoms with Crippen LogP contribution in [0.5, 0.6) is 0 Å². The Morgan fingerprint density at radius 1 is 0.674 bits per heavy atom. The van der Waals surface area contributed by atoms with Crippen LogP contribution in [0.25, 0.3) is 0 Å². The Bertz CT molecular complexity index is 885. The molecular weight excluding hydrogens is 601 g/mol. The molecular formula is C37H66NO7P. The first-order valence-electron chi connectivity index (χ1n) is 17.8. The maximum absolute atomic E-state index is 11.9. The number of phosphoric acid groups is 1. The van der Waals surface area contributed by atoms with Gasteiger partial charge in [-0.3, -0.25) is 13.8 Å². The van der Waals surface area contributed by atoms with E-state index in [0.29, 0.717) is 13.0 Å². The van der Waals surface area contributed by atoms with Crippen LogP contribution in [-0.2, 0) is 27.9 Å². The van der Waals surface area contributed by atoms with Crippen LogP contribution in [0.3, 0.4) is 0 Å². The molecule has 0 saturated heterocycles. The van der Waals surface area contributed by atoms with E-state index in [-0.39, 0.29) is 38.8 Å². The van der Waals surface area contributed by atoms with Crippen LogP contribution >= 0.6 is 7.82 Å². The quantitative estimate of drug-likeness (QED) is 0.0307. The standard InChI is InChI=1S/C37H66NO7P/c1-3-5-6-7-8-9-10-11-12-13-14-15-16-17-18-19-20-21-22-23-24-25-26-27-28-29-32-42-34-36(45-37(39)30-4-2)35-44-46(40,41)43-33-31-38/h5-6,8-9,11-12,14-15,17-18,36H,3-4,7,10,13,16,19-35,38H2,1-2H3,(H,40,41)/b6-5-,9-8-,12-11-,15-14-,18-17-. The van der Waals surface area contributed by atoms with Crippen molar-refractivity contribution in [3.05, 3.63) is 60.8 Å². The van der Waals surface area contributed by atoms with E-state index >= 15 is 0 Å². The van der Waals surface area contributed by atoms with Gasteiger partial charge in [-0.05, 0) is 57.8 Å². The first-order chi connectivity index (χ1) is 22.4. The van der Waals surface area contributed by atoms with Crippen molar-refractivity contribution in [1.29, 1.82) is 0 Å². The first kappa shape index (κ1) is 44.2. The molecule has 0 rings (SSSR count). The van der Waals surface area contributed by atoms with Crippen LogP contribution in [-0.4, -0.2) is 49.9 Å². The Kier molecular flexibility index (Phi) is 33.2. The van der Waals surface area contributed by atoms with Crippen molar-refractivity contribution in [3.63, 3.8) is 0 Å². The number of allylic oxidation sites excluding steroid dienone is 10. The van der Waals surface area contributed by atoms with Crippen molar-refractivity contribution >= 4 is 13.8 Å². The van der Waals surface area contributed by atoms with Crippen molar-refractivity contribution in [2.45, 2.75) is 136 Å². The predicted octanol–water partition coefficient (Wildman–Crippen LogP) is 9.85. The van der Waals surface area contributed by atoms with E-state index in [2.05, 4.69) is 67.7 Å². The van der Waals surface area contributed by atoms with E-state index in [1.54, 1.807) is 0 Å². The summed E-state index contributed by atoms with van der Waals surface area (Å²) >= 11 is 0. The number of carbonyl (C=O) groups excluding carboxylic acids is 1. The molecule has 0 aliphatic heterocycles. The van der Waals surface area contributed by atoms with E-state index in [1.165, 1.54) is 57.8 Å². The Hall–Kier alpha value is -1.80. The third kappa shape index (κ3) is 33.6. The topological polar surface area (TPSA) is 117 Å². The normalized spacial score (nSPS) is 14.4. The van der Waals surface area contributed by atoms with Crippen LogP contribution in [0.4, 0.5) is 0 Å². The molecule has 0 aromatic rings. The number of esters is 1. The highest BCUT2D eigenvalue weighted by Gasteiger charge is 2.25. The third-order valence-corrected chi connectivity index (χ3v) is 7.90. The largest absolute Gasteiger partial charge is 0.472 e. The number of carbonyl (C=O) groups is 1. The fraction of sp³-hybridized carbons (Fsp3) is 0.703. The molecule has 8 nitrogen and oxygen atoms in total. The summed E-state index contributed by atoms with van der Waals surface area (Å²) in [5.74, 6) is -0.388. The van der Waals surface area contributed by atoms with Gasteiger partial charge in [0.2, 0.25) is 0 Å². The molecule has 0 fully saturated rings. The third-order valence-electron chi connectivity index (χ3n) is 6.92. The average molecular weight is 668 g/mol. The van der Waals surface area contributed by atoms with Crippen molar-refractivity contribution in [2.75, 3.05) is 33.0 Å². The SMILES string of the molecule is CC/C=C\C/C=C\C/C=C\C/C=C\C/C=C\CCCCCCCCCCCCOCC(COP(=O)(O)OCCN)OC(=O)CCC. The molecule has 46 heavy (non-hydrogen) atoms. The average Bonchev–Trinajstić information content (AvgIpc) is 3.04. The van der Waals surface area contributed by atoms with Crippen LogP contribution < -0.4 is 5.73 Å². The molecule has 2 atom stereocenters. The minimum absolute atomic E-state index is 0.0961. The second kappa shape index (κ2) is 34.5. The summed E-state index contributed by atoms with van der Waals surface area (Å²) in [4.78, 5) is 21.6. The number of phosphoric ester groups is 1. The molecule has 0 saturated carbocycles. The van der Waals surface area contributed by atoms with Crippen molar-refractivity contribution in [3.8, 4) is 0 Å². The summed E-state index contributed by atoms with van der Waals surface area (Å²) in [7, 11) is -4.24. The predicted molar refractivity (Wildman–Crippen MR) is 192 cm³/mol. The second-order valence-electron chi connectivity index (χ2n) is 11.4. The molecule has 2 unspecified atom stereocenters. The highest BCUT2D eigenvalue weighted by molar-refractivity contribution is 7.47. The van der Waals surface area contributed by atoms with Crippen LogP contribution in [0.2, 0.25) is 0 Å². The van der Waals surface area contributed by atoms with Crippen LogP contribution in [0, 0.1) is 0 Å². The number of ether oxygens (including phenoxy) is 2. The van der Waals surface area contributed by atoms with Gasteiger partial charge in [0, 0.05) is 19.6 Å². The van der Waals surface area contributed by atoms with E-state index < -0.39 is 13.9 Å². The molecule has 0 aliphatic rings. The van der Waals surface area contributed by atoms with Gasteiger partial charge >= 0.3 is 13.8 Å². The van der Waals surface area contributed by atoms with Crippen molar-refractivity contribution < 1.29 is 32.8 Å². The van der Waals surface area contributed by atoms with Crippen LogP contribution in [0.15, 0.2) is 60.8 Å². The number of unbranched alkanes of at least 4 members (excludes halogenated alkanes) is 10. The number of rotatable bonds is 33. The molecule has 0 spiro atoms. The molecule has 0 amide bonds. The maximum atomic E-state index is 11.9.